The summed E-state index contributed by atoms with van der Waals surface area (Å²) in [6.07, 6.45) is 11.6. The van der Waals surface area contributed by atoms with Gasteiger partial charge in [0.1, 0.15) is 5.69 Å². The minimum atomic E-state index is 0.111. The smallest absolute Gasteiger partial charge is 0.211 e. The first-order chi connectivity index (χ1) is 16.2. The van der Waals surface area contributed by atoms with E-state index in [0.29, 0.717) is 17.9 Å². The Kier molecular flexibility index (Phi) is 5.62. The number of carbonyl (C=O) groups excluding carboxylic acids is 1. The number of anilines is 1. The van der Waals surface area contributed by atoms with Crippen molar-refractivity contribution in [2.75, 3.05) is 5.32 Å². The highest BCUT2D eigenvalue weighted by Crippen LogP contribution is 2.29. The second kappa shape index (κ2) is 8.87. The predicted molar refractivity (Wildman–Crippen MR) is 131 cm³/mol. The Hall–Kier alpha value is -3.98. The molecule has 1 aliphatic rings. The van der Waals surface area contributed by atoms with Crippen LogP contribution >= 0.6 is 11.3 Å². The van der Waals surface area contributed by atoms with E-state index in [-0.39, 0.29) is 5.92 Å². The number of aromatic amines is 2. The molecular formula is C24H23N7OS. The molecule has 0 aromatic carbocycles. The number of hydrogen-bond donors (Lipinski definition) is 4. The van der Waals surface area contributed by atoms with Gasteiger partial charge in [0.05, 0.1) is 22.9 Å². The Morgan fingerprint density at radius 1 is 1.39 bits per heavy atom. The number of H-pyrrole nitrogens is 2. The van der Waals surface area contributed by atoms with E-state index < -0.39 is 0 Å². The molecule has 0 saturated heterocycles. The third kappa shape index (κ3) is 3.87. The van der Waals surface area contributed by atoms with Crippen LogP contribution in [0.1, 0.15) is 41.8 Å². The molecule has 4 aromatic rings. The van der Waals surface area contributed by atoms with Crippen LogP contribution in [-0.2, 0) is 11.2 Å². The molecule has 8 nitrogen and oxygen atoms in total. The lowest BCUT2D eigenvalue weighted by Gasteiger charge is -2.13. The number of rotatable bonds is 7. The molecule has 1 aliphatic carbocycles. The lowest BCUT2D eigenvalue weighted by atomic mass is 9.92. The van der Waals surface area contributed by atoms with Crippen LogP contribution in [0.5, 0.6) is 0 Å². The minimum Gasteiger partial charge on any atom is -0.404 e. The van der Waals surface area contributed by atoms with Crippen LogP contribution in [0.15, 0.2) is 41.5 Å². The highest BCUT2D eigenvalue weighted by molar-refractivity contribution is 7.08. The summed E-state index contributed by atoms with van der Waals surface area (Å²) in [4.78, 5) is 23.4. The standard InChI is InChI=1S/C24H23N7OS/c1-2-20-22(19(9-25)15-5-6-33-12-15)29-24(28-20)23-18-8-14(3-4-21(18)30-31-23)16-7-17(27-13-32)11-26-10-16/h4-14,30H,2-3,25H2,1H3,(H,27,32)(H,28,29)/b19-9-. The molecule has 0 fully saturated rings. The summed E-state index contributed by atoms with van der Waals surface area (Å²) >= 11 is 1.63. The van der Waals surface area contributed by atoms with E-state index in [1.54, 1.807) is 23.7 Å². The van der Waals surface area contributed by atoms with Gasteiger partial charge in [-0.15, -0.1) is 0 Å². The molecule has 1 atom stereocenters. The summed E-state index contributed by atoms with van der Waals surface area (Å²) in [6.45, 7) is 2.09. The summed E-state index contributed by atoms with van der Waals surface area (Å²) in [6, 6.07) is 3.99. The summed E-state index contributed by atoms with van der Waals surface area (Å²) in [5.41, 5.74) is 12.3. The molecule has 9 heteroatoms. The number of fused-ring (bicyclic) bond motifs is 1. The van der Waals surface area contributed by atoms with Gasteiger partial charge in [-0.2, -0.15) is 16.4 Å². The van der Waals surface area contributed by atoms with Gasteiger partial charge in [0.2, 0.25) is 6.41 Å². The van der Waals surface area contributed by atoms with E-state index in [1.807, 2.05) is 23.7 Å². The maximum absolute atomic E-state index is 10.8. The molecule has 1 amide bonds. The average molecular weight is 458 g/mol. The molecule has 5 N–H and O–H groups in total. The number of amides is 1. The van der Waals surface area contributed by atoms with Crippen molar-refractivity contribution in [1.82, 2.24) is 25.1 Å². The molecule has 4 heterocycles. The Balaban J connectivity index is 1.57. The lowest BCUT2D eigenvalue weighted by Crippen LogP contribution is -2.28. The van der Waals surface area contributed by atoms with Gasteiger partial charge in [0, 0.05) is 34.8 Å². The fraction of sp³-hybridized carbons (Fsp3) is 0.167. The number of pyridine rings is 1. The maximum atomic E-state index is 10.8. The van der Waals surface area contributed by atoms with Crippen LogP contribution in [0.3, 0.4) is 0 Å². The molecule has 0 aliphatic heterocycles. The number of hydrogen-bond acceptors (Lipinski definition) is 6. The van der Waals surface area contributed by atoms with Crippen molar-refractivity contribution in [2.45, 2.75) is 25.7 Å². The van der Waals surface area contributed by atoms with Crippen molar-refractivity contribution in [3.8, 4) is 11.5 Å². The van der Waals surface area contributed by atoms with Crippen molar-refractivity contribution in [1.29, 1.82) is 0 Å². The van der Waals surface area contributed by atoms with Gasteiger partial charge in [-0.1, -0.05) is 19.1 Å². The monoisotopic (exact) mass is 457 g/mol. The molecule has 0 spiro atoms. The van der Waals surface area contributed by atoms with Crippen molar-refractivity contribution in [3.05, 3.63) is 74.6 Å². The second-order valence-electron chi connectivity index (χ2n) is 7.74. The van der Waals surface area contributed by atoms with Gasteiger partial charge in [0.25, 0.3) is 0 Å². The van der Waals surface area contributed by atoms with Gasteiger partial charge >= 0.3 is 0 Å². The molecule has 0 bridgehead atoms. The highest BCUT2D eigenvalue weighted by atomic mass is 32.1. The zero-order chi connectivity index (χ0) is 22.8. The zero-order valence-corrected chi connectivity index (χ0v) is 18.8. The van der Waals surface area contributed by atoms with Gasteiger partial charge in [-0.25, -0.2) is 4.98 Å². The van der Waals surface area contributed by atoms with E-state index in [0.717, 1.165) is 57.2 Å². The van der Waals surface area contributed by atoms with Crippen LogP contribution in [0.2, 0.25) is 0 Å². The third-order valence-corrected chi connectivity index (χ3v) is 6.48. The second-order valence-corrected chi connectivity index (χ2v) is 8.52. The number of aryl methyl sites for hydroxylation is 1. The van der Waals surface area contributed by atoms with Crippen molar-refractivity contribution in [2.24, 2.45) is 5.73 Å². The lowest BCUT2D eigenvalue weighted by molar-refractivity contribution is -0.105. The predicted octanol–water partition coefficient (Wildman–Crippen LogP) is 2.48. The molecule has 166 valence electrons. The van der Waals surface area contributed by atoms with Crippen LogP contribution < -0.4 is 21.6 Å². The van der Waals surface area contributed by atoms with Gasteiger partial charge in [0.15, 0.2) is 5.82 Å². The molecule has 4 aromatic heterocycles. The fourth-order valence-electron chi connectivity index (χ4n) is 4.15. The Morgan fingerprint density at radius 3 is 3.06 bits per heavy atom. The molecule has 33 heavy (non-hydrogen) atoms. The normalized spacial score (nSPS) is 15.4. The number of nitrogens with zero attached hydrogens (tertiary/aromatic N) is 3. The SMILES string of the molecule is CCc1[nH]c(-c2n[nH]c3c2=CC(c2cncc(NC=O)c2)CC=3)nc1/C(=C\N)c1ccsc1. The van der Waals surface area contributed by atoms with Crippen molar-refractivity contribution < 1.29 is 4.79 Å². The number of nitrogens with two attached hydrogens (primary N) is 1. The first-order valence-corrected chi connectivity index (χ1v) is 11.6. The zero-order valence-electron chi connectivity index (χ0n) is 18.0. The maximum Gasteiger partial charge on any atom is 0.211 e. The average Bonchev–Trinajstić information content (AvgIpc) is 3.60. The molecule has 5 rings (SSSR count). The van der Waals surface area contributed by atoms with Crippen molar-refractivity contribution >= 4 is 41.2 Å². The van der Waals surface area contributed by atoms with Crippen molar-refractivity contribution in [3.63, 3.8) is 0 Å². The van der Waals surface area contributed by atoms with E-state index in [2.05, 4.69) is 49.9 Å². The van der Waals surface area contributed by atoms with Crippen LogP contribution in [0, 0.1) is 0 Å². The Labute approximate surface area is 194 Å². The first-order valence-electron chi connectivity index (χ1n) is 10.7. The van der Waals surface area contributed by atoms with E-state index in [9.17, 15) is 4.79 Å². The van der Waals surface area contributed by atoms with Gasteiger partial charge in [-0.3, -0.25) is 14.9 Å². The molecular weight excluding hydrogens is 434 g/mol. The molecule has 1 unspecified atom stereocenters. The van der Waals surface area contributed by atoms with Crippen LogP contribution in [0.25, 0.3) is 29.2 Å². The number of thiophene rings is 1. The molecule has 0 radical (unpaired) electrons. The van der Waals surface area contributed by atoms with Crippen LogP contribution in [0.4, 0.5) is 5.69 Å². The number of carbonyl (C=O) groups is 1. The third-order valence-electron chi connectivity index (χ3n) is 5.80. The number of aromatic nitrogens is 5. The van der Waals surface area contributed by atoms with E-state index in [4.69, 9.17) is 10.7 Å². The fourth-order valence-corrected chi connectivity index (χ4v) is 4.81. The summed E-state index contributed by atoms with van der Waals surface area (Å²) < 4.78 is 0. The quantitative estimate of drug-likeness (QED) is 0.317. The topological polar surface area (TPSA) is 125 Å². The molecule has 0 saturated carbocycles. The minimum absolute atomic E-state index is 0.111. The Bertz CT molecular complexity index is 1450. The summed E-state index contributed by atoms with van der Waals surface area (Å²) in [5.74, 6) is 0.814. The van der Waals surface area contributed by atoms with Gasteiger partial charge < -0.3 is 16.0 Å². The summed E-state index contributed by atoms with van der Waals surface area (Å²) in [5, 5.41) is 16.4. The van der Waals surface area contributed by atoms with E-state index in [1.165, 1.54) is 0 Å². The number of imidazole rings is 1. The first kappa shape index (κ1) is 20.9. The summed E-state index contributed by atoms with van der Waals surface area (Å²) in [7, 11) is 0. The van der Waals surface area contributed by atoms with Crippen LogP contribution in [-0.4, -0.2) is 31.6 Å². The largest absolute Gasteiger partial charge is 0.404 e. The Morgan fingerprint density at radius 2 is 2.30 bits per heavy atom. The van der Waals surface area contributed by atoms with Gasteiger partial charge in [-0.05, 0) is 46.9 Å². The number of nitrogens with one attached hydrogen (secondary N) is 3. The van der Waals surface area contributed by atoms with E-state index >= 15 is 0 Å². The highest BCUT2D eigenvalue weighted by Gasteiger charge is 2.20.